The molecule has 3 aromatic rings. The Bertz CT molecular complexity index is 841. The summed E-state index contributed by atoms with van der Waals surface area (Å²) in [6, 6.07) is 16.7. The number of nitrogens with zero attached hydrogens (tertiary/aromatic N) is 1. The van der Waals surface area contributed by atoms with Gasteiger partial charge in [-0.2, -0.15) is 0 Å². The van der Waals surface area contributed by atoms with Crippen LogP contribution in [0.5, 0.6) is 0 Å². The lowest BCUT2D eigenvalue weighted by atomic mass is 10.1. The van der Waals surface area contributed by atoms with Crippen molar-refractivity contribution < 1.29 is 5.11 Å². The first-order valence-electron chi connectivity index (χ1n) is 8.21. The van der Waals surface area contributed by atoms with Gasteiger partial charge in [-0.25, -0.2) is 4.98 Å². The Labute approximate surface area is 146 Å². The number of rotatable bonds is 4. The fraction of sp³-hybridized carbons (Fsp3) is 0.250. The molecule has 0 bridgehead atoms. The van der Waals surface area contributed by atoms with Crippen LogP contribution in [0.25, 0.3) is 10.6 Å². The van der Waals surface area contributed by atoms with Crippen LogP contribution in [0.15, 0.2) is 53.9 Å². The van der Waals surface area contributed by atoms with E-state index in [4.69, 9.17) is 4.98 Å². The summed E-state index contributed by atoms with van der Waals surface area (Å²) in [6.45, 7) is 2.75. The summed E-state index contributed by atoms with van der Waals surface area (Å²) in [5, 5.41) is 16.9. The highest BCUT2D eigenvalue weighted by molar-refractivity contribution is 7.13. The number of benzene rings is 2. The molecule has 1 heterocycles. The zero-order valence-electron chi connectivity index (χ0n) is 13.6. The van der Waals surface area contributed by atoms with Crippen LogP contribution >= 0.6 is 11.3 Å². The number of aliphatic hydroxyl groups excluding tert-OH is 1. The van der Waals surface area contributed by atoms with E-state index < -0.39 is 0 Å². The van der Waals surface area contributed by atoms with Crippen LogP contribution in [-0.2, 0) is 13.0 Å². The standard InChI is InChI=1S/C20H20N2OS/c1-13-6-8-14(9-7-13)20-22-16(12-24-20)11-21-19-17-5-3-2-4-15(17)10-18(19)23/h2-9,12,18-19,21,23H,10-11H2,1H3/t18-,19+/m1/s1. The number of hydrogen-bond donors (Lipinski definition) is 2. The lowest BCUT2D eigenvalue weighted by molar-refractivity contribution is 0.140. The van der Waals surface area contributed by atoms with Gasteiger partial charge < -0.3 is 10.4 Å². The highest BCUT2D eigenvalue weighted by Gasteiger charge is 2.30. The van der Waals surface area contributed by atoms with Crippen molar-refractivity contribution in [1.82, 2.24) is 10.3 Å². The van der Waals surface area contributed by atoms with Crippen LogP contribution in [-0.4, -0.2) is 16.2 Å². The van der Waals surface area contributed by atoms with Gasteiger partial charge in [0.1, 0.15) is 5.01 Å². The molecule has 0 amide bonds. The van der Waals surface area contributed by atoms with Gasteiger partial charge >= 0.3 is 0 Å². The van der Waals surface area contributed by atoms with Gasteiger partial charge in [0.15, 0.2) is 0 Å². The Kier molecular flexibility index (Phi) is 4.19. The van der Waals surface area contributed by atoms with Crippen molar-refractivity contribution in [2.45, 2.75) is 32.0 Å². The Morgan fingerprint density at radius 3 is 2.79 bits per heavy atom. The molecular weight excluding hydrogens is 316 g/mol. The molecule has 24 heavy (non-hydrogen) atoms. The highest BCUT2D eigenvalue weighted by atomic mass is 32.1. The second kappa shape index (κ2) is 6.48. The quantitative estimate of drug-likeness (QED) is 0.760. The van der Waals surface area contributed by atoms with E-state index in [9.17, 15) is 5.11 Å². The van der Waals surface area contributed by atoms with Crippen LogP contribution in [0, 0.1) is 6.92 Å². The number of thiazole rings is 1. The van der Waals surface area contributed by atoms with Crippen molar-refractivity contribution in [3.8, 4) is 10.6 Å². The molecule has 1 aromatic heterocycles. The second-order valence-corrected chi connectivity index (χ2v) is 7.20. The van der Waals surface area contributed by atoms with E-state index in [0.29, 0.717) is 6.54 Å². The molecule has 4 heteroatoms. The molecule has 2 atom stereocenters. The minimum absolute atomic E-state index is 0.00859. The van der Waals surface area contributed by atoms with E-state index in [1.807, 2.05) is 12.1 Å². The first-order valence-corrected chi connectivity index (χ1v) is 9.09. The molecule has 1 aliphatic carbocycles. The Morgan fingerprint density at radius 2 is 1.96 bits per heavy atom. The predicted octanol–water partition coefficient (Wildman–Crippen LogP) is 3.87. The SMILES string of the molecule is Cc1ccc(-c2nc(CN[C@H]3c4ccccc4C[C@H]3O)cs2)cc1. The smallest absolute Gasteiger partial charge is 0.123 e. The zero-order chi connectivity index (χ0) is 16.5. The molecule has 4 rings (SSSR count). The molecule has 0 aliphatic heterocycles. The molecule has 0 unspecified atom stereocenters. The minimum Gasteiger partial charge on any atom is -0.391 e. The van der Waals surface area contributed by atoms with E-state index in [-0.39, 0.29) is 12.1 Å². The third-order valence-electron chi connectivity index (χ3n) is 4.56. The van der Waals surface area contributed by atoms with Crippen molar-refractivity contribution in [1.29, 1.82) is 0 Å². The number of nitrogens with one attached hydrogen (secondary N) is 1. The van der Waals surface area contributed by atoms with Gasteiger partial charge in [-0.15, -0.1) is 11.3 Å². The molecule has 0 saturated carbocycles. The maximum atomic E-state index is 10.3. The maximum absolute atomic E-state index is 10.3. The second-order valence-electron chi connectivity index (χ2n) is 6.34. The number of aromatic nitrogens is 1. The molecule has 2 aromatic carbocycles. The van der Waals surface area contributed by atoms with Gasteiger partial charge in [0, 0.05) is 23.9 Å². The van der Waals surface area contributed by atoms with E-state index in [1.165, 1.54) is 16.7 Å². The van der Waals surface area contributed by atoms with Crippen molar-refractivity contribution in [3.63, 3.8) is 0 Å². The summed E-state index contributed by atoms with van der Waals surface area (Å²) in [7, 11) is 0. The van der Waals surface area contributed by atoms with Crippen molar-refractivity contribution in [3.05, 3.63) is 76.3 Å². The third kappa shape index (κ3) is 3.00. The van der Waals surface area contributed by atoms with Gasteiger partial charge in [-0.1, -0.05) is 54.1 Å². The van der Waals surface area contributed by atoms with Gasteiger partial charge in [0.2, 0.25) is 0 Å². The van der Waals surface area contributed by atoms with Crippen LogP contribution < -0.4 is 5.32 Å². The average molecular weight is 336 g/mol. The first-order chi connectivity index (χ1) is 11.7. The van der Waals surface area contributed by atoms with Gasteiger partial charge in [0.25, 0.3) is 0 Å². The van der Waals surface area contributed by atoms with Crippen LogP contribution in [0.4, 0.5) is 0 Å². The molecule has 0 saturated heterocycles. The first kappa shape index (κ1) is 15.5. The maximum Gasteiger partial charge on any atom is 0.123 e. The number of hydrogen-bond acceptors (Lipinski definition) is 4. The van der Waals surface area contributed by atoms with Crippen LogP contribution in [0.1, 0.15) is 28.4 Å². The highest BCUT2D eigenvalue weighted by Crippen LogP contribution is 2.31. The number of aliphatic hydroxyl groups is 1. The van der Waals surface area contributed by atoms with Crippen LogP contribution in [0.2, 0.25) is 0 Å². The summed E-state index contributed by atoms with van der Waals surface area (Å²) in [5.74, 6) is 0. The third-order valence-corrected chi connectivity index (χ3v) is 5.50. The molecule has 2 N–H and O–H groups in total. The summed E-state index contributed by atoms with van der Waals surface area (Å²) in [4.78, 5) is 4.73. The Balaban J connectivity index is 1.46. The Hall–Kier alpha value is -2.01. The summed E-state index contributed by atoms with van der Waals surface area (Å²) >= 11 is 1.66. The normalized spacial score (nSPS) is 19.4. The summed E-state index contributed by atoms with van der Waals surface area (Å²) in [5.41, 5.74) is 5.88. The fourth-order valence-electron chi connectivity index (χ4n) is 3.25. The largest absolute Gasteiger partial charge is 0.391 e. The van der Waals surface area contributed by atoms with Gasteiger partial charge in [-0.05, 0) is 18.1 Å². The predicted molar refractivity (Wildman–Crippen MR) is 98.0 cm³/mol. The monoisotopic (exact) mass is 336 g/mol. The van der Waals surface area contributed by atoms with Crippen molar-refractivity contribution in [2.75, 3.05) is 0 Å². The Morgan fingerprint density at radius 1 is 1.17 bits per heavy atom. The lowest BCUT2D eigenvalue weighted by Gasteiger charge is -2.17. The van der Waals surface area contributed by atoms with Crippen molar-refractivity contribution >= 4 is 11.3 Å². The lowest BCUT2D eigenvalue weighted by Crippen LogP contribution is -2.28. The molecule has 0 radical (unpaired) electrons. The molecule has 3 nitrogen and oxygen atoms in total. The van der Waals surface area contributed by atoms with Crippen LogP contribution in [0.3, 0.4) is 0 Å². The zero-order valence-corrected chi connectivity index (χ0v) is 14.4. The summed E-state index contributed by atoms with van der Waals surface area (Å²) in [6.07, 6.45) is 0.358. The molecule has 0 fully saturated rings. The molecular formula is C20H20N2OS. The fourth-order valence-corrected chi connectivity index (χ4v) is 4.08. The summed E-state index contributed by atoms with van der Waals surface area (Å²) < 4.78 is 0. The van der Waals surface area contributed by atoms with E-state index in [0.717, 1.165) is 22.7 Å². The van der Waals surface area contributed by atoms with Gasteiger partial charge in [0.05, 0.1) is 17.8 Å². The molecule has 0 spiro atoms. The van der Waals surface area contributed by atoms with E-state index >= 15 is 0 Å². The van der Waals surface area contributed by atoms with E-state index in [1.54, 1.807) is 11.3 Å². The molecule has 122 valence electrons. The number of aryl methyl sites for hydroxylation is 1. The van der Waals surface area contributed by atoms with Gasteiger partial charge in [-0.3, -0.25) is 0 Å². The minimum atomic E-state index is -0.363. The molecule has 1 aliphatic rings. The number of fused-ring (bicyclic) bond motifs is 1. The van der Waals surface area contributed by atoms with E-state index in [2.05, 4.69) is 54.0 Å². The topological polar surface area (TPSA) is 45.2 Å². The average Bonchev–Trinajstić information content (AvgIpc) is 3.17. The van der Waals surface area contributed by atoms with Crippen molar-refractivity contribution in [2.24, 2.45) is 0 Å².